The first-order valence-electron chi connectivity index (χ1n) is 8.86. The van der Waals surface area contributed by atoms with Gasteiger partial charge in [0.1, 0.15) is 5.75 Å². The van der Waals surface area contributed by atoms with E-state index >= 15 is 0 Å². The van der Waals surface area contributed by atoms with Crippen LogP contribution in [0.15, 0.2) is 42.5 Å². The molecule has 25 heavy (non-hydrogen) atoms. The van der Waals surface area contributed by atoms with E-state index in [0.717, 1.165) is 41.6 Å². The predicted molar refractivity (Wildman–Crippen MR) is 102 cm³/mol. The molecule has 0 radical (unpaired) electrons. The van der Waals surface area contributed by atoms with Gasteiger partial charge in [-0.25, -0.2) is 0 Å². The molecule has 1 aliphatic heterocycles. The fraction of sp³-hybridized carbons (Fsp3) is 0.381. The van der Waals surface area contributed by atoms with Crippen molar-refractivity contribution in [1.29, 1.82) is 0 Å². The summed E-state index contributed by atoms with van der Waals surface area (Å²) in [6.45, 7) is 8.49. The number of rotatable bonds is 5. The minimum absolute atomic E-state index is 0.00961. The Balaban J connectivity index is 1.53. The van der Waals surface area contributed by atoms with Crippen molar-refractivity contribution in [1.82, 2.24) is 0 Å². The Morgan fingerprint density at radius 2 is 1.96 bits per heavy atom. The van der Waals surface area contributed by atoms with Gasteiger partial charge in [0.15, 0.2) is 6.61 Å². The molecule has 0 bridgehead atoms. The number of carbonyl (C=O) groups excluding carboxylic acids is 1. The number of amides is 1. The number of anilines is 2. The van der Waals surface area contributed by atoms with Crippen LogP contribution < -0.4 is 15.0 Å². The van der Waals surface area contributed by atoms with E-state index in [1.165, 1.54) is 12.1 Å². The maximum Gasteiger partial charge on any atom is 0.262 e. The molecule has 0 aliphatic carbocycles. The fourth-order valence-corrected chi connectivity index (χ4v) is 3.13. The second-order valence-electron chi connectivity index (χ2n) is 6.99. The SMILES string of the molecule is Cc1ccc(C)c(OCC(=O)Nc2ccc(N3CCC(C)C3)cc2)c1. The van der Waals surface area contributed by atoms with Gasteiger partial charge in [-0.2, -0.15) is 0 Å². The maximum absolute atomic E-state index is 12.1. The minimum Gasteiger partial charge on any atom is -0.483 e. The van der Waals surface area contributed by atoms with Gasteiger partial charge in [-0.3, -0.25) is 4.79 Å². The first kappa shape index (κ1) is 17.3. The van der Waals surface area contributed by atoms with Crippen LogP contribution in [0.25, 0.3) is 0 Å². The van der Waals surface area contributed by atoms with Crippen molar-refractivity contribution < 1.29 is 9.53 Å². The molecular weight excluding hydrogens is 312 g/mol. The summed E-state index contributed by atoms with van der Waals surface area (Å²) in [4.78, 5) is 14.5. The van der Waals surface area contributed by atoms with Crippen molar-refractivity contribution in [3.05, 3.63) is 53.6 Å². The van der Waals surface area contributed by atoms with Crippen molar-refractivity contribution in [2.45, 2.75) is 27.2 Å². The monoisotopic (exact) mass is 338 g/mol. The number of carbonyl (C=O) groups is 1. The molecule has 1 unspecified atom stereocenters. The van der Waals surface area contributed by atoms with E-state index in [1.807, 2.05) is 44.2 Å². The van der Waals surface area contributed by atoms with Crippen molar-refractivity contribution in [3.63, 3.8) is 0 Å². The van der Waals surface area contributed by atoms with Gasteiger partial charge in [-0.15, -0.1) is 0 Å². The van der Waals surface area contributed by atoms with Crippen LogP contribution in [0.5, 0.6) is 5.75 Å². The molecule has 0 aromatic heterocycles. The fourth-order valence-electron chi connectivity index (χ4n) is 3.13. The molecular formula is C21H26N2O2. The number of hydrogen-bond donors (Lipinski definition) is 1. The molecule has 1 aliphatic rings. The normalized spacial score (nSPS) is 16.8. The smallest absolute Gasteiger partial charge is 0.262 e. The number of hydrogen-bond acceptors (Lipinski definition) is 3. The average Bonchev–Trinajstić information content (AvgIpc) is 3.03. The zero-order chi connectivity index (χ0) is 17.8. The molecule has 1 amide bonds. The highest BCUT2D eigenvalue weighted by Gasteiger charge is 2.18. The quantitative estimate of drug-likeness (QED) is 0.890. The van der Waals surface area contributed by atoms with Crippen LogP contribution in [0, 0.1) is 19.8 Å². The van der Waals surface area contributed by atoms with Crippen molar-refractivity contribution in [3.8, 4) is 5.75 Å². The molecule has 4 nitrogen and oxygen atoms in total. The van der Waals surface area contributed by atoms with Crippen LogP contribution in [-0.2, 0) is 4.79 Å². The Kier molecular flexibility index (Phi) is 5.27. The summed E-state index contributed by atoms with van der Waals surface area (Å²) < 4.78 is 5.65. The van der Waals surface area contributed by atoms with Crippen molar-refractivity contribution in [2.75, 3.05) is 29.9 Å². The minimum atomic E-state index is -0.150. The molecule has 1 atom stereocenters. The molecule has 2 aromatic carbocycles. The number of nitrogens with zero attached hydrogens (tertiary/aromatic N) is 1. The Labute approximate surface area is 149 Å². The molecule has 4 heteroatoms. The summed E-state index contributed by atoms with van der Waals surface area (Å²) in [6, 6.07) is 14.0. The first-order chi connectivity index (χ1) is 12.0. The van der Waals surface area contributed by atoms with E-state index in [1.54, 1.807) is 0 Å². The van der Waals surface area contributed by atoms with Gasteiger partial charge in [0, 0.05) is 24.5 Å². The highest BCUT2D eigenvalue weighted by atomic mass is 16.5. The second-order valence-corrected chi connectivity index (χ2v) is 6.99. The van der Waals surface area contributed by atoms with E-state index in [4.69, 9.17) is 4.74 Å². The van der Waals surface area contributed by atoms with E-state index < -0.39 is 0 Å². The largest absolute Gasteiger partial charge is 0.483 e. The maximum atomic E-state index is 12.1. The lowest BCUT2D eigenvalue weighted by molar-refractivity contribution is -0.118. The van der Waals surface area contributed by atoms with Gasteiger partial charge < -0.3 is 15.0 Å². The van der Waals surface area contributed by atoms with Crippen LogP contribution in [0.1, 0.15) is 24.5 Å². The van der Waals surface area contributed by atoms with Gasteiger partial charge in [-0.05, 0) is 67.6 Å². The molecule has 132 valence electrons. The average molecular weight is 338 g/mol. The Bertz CT molecular complexity index is 740. The zero-order valence-electron chi connectivity index (χ0n) is 15.2. The molecule has 1 fully saturated rings. The van der Waals surface area contributed by atoms with Crippen LogP contribution >= 0.6 is 0 Å². The van der Waals surface area contributed by atoms with Gasteiger partial charge in [0.2, 0.25) is 0 Å². The third-order valence-electron chi connectivity index (χ3n) is 4.64. The summed E-state index contributed by atoms with van der Waals surface area (Å²) in [7, 11) is 0. The summed E-state index contributed by atoms with van der Waals surface area (Å²) >= 11 is 0. The van der Waals surface area contributed by atoms with E-state index in [9.17, 15) is 4.79 Å². The van der Waals surface area contributed by atoms with Crippen molar-refractivity contribution in [2.24, 2.45) is 5.92 Å². The summed E-state index contributed by atoms with van der Waals surface area (Å²) in [5, 5.41) is 2.89. The van der Waals surface area contributed by atoms with Crippen molar-refractivity contribution >= 4 is 17.3 Å². The number of benzene rings is 2. The molecule has 1 N–H and O–H groups in total. The standard InChI is InChI=1S/C21H26N2O2/c1-15-4-5-17(3)20(12-15)25-14-21(24)22-18-6-8-19(9-7-18)23-11-10-16(2)13-23/h4-9,12,16H,10-11,13-14H2,1-3H3,(H,22,24). The Hall–Kier alpha value is -2.49. The lowest BCUT2D eigenvalue weighted by atomic mass is 10.1. The molecule has 2 aromatic rings. The van der Waals surface area contributed by atoms with Gasteiger partial charge in [0.25, 0.3) is 5.91 Å². The topological polar surface area (TPSA) is 41.6 Å². The first-order valence-corrected chi connectivity index (χ1v) is 8.86. The predicted octanol–water partition coefficient (Wildman–Crippen LogP) is 4.17. The van der Waals surface area contributed by atoms with Crippen LogP contribution in [0.2, 0.25) is 0 Å². The van der Waals surface area contributed by atoms with E-state index in [0.29, 0.717) is 0 Å². The molecule has 1 heterocycles. The number of nitrogens with one attached hydrogen (secondary N) is 1. The highest BCUT2D eigenvalue weighted by molar-refractivity contribution is 5.92. The Morgan fingerprint density at radius 1 is 1.20 bits per heavy atom. The molecule has 0 spiro atoms. The van der Waals surface area contributed by atoms with Crippen LogP contribution in [-0.4, -0.2) is 25.6 Å². The van der Waals surface area contributed by atoms with Crippen LogP contribution in [0.3, 0.4) is 0 Å². The zero-order valence-corrected chi connectivity index (χ0v) is 15.2. The van der Waals surface area contributed by atoms with E-state index in [-0.39, 0.29) is 12.5 Å². The third-order valence-corrected chi connectivity index (χ3v) is 4.64. The second kappa shape index (κ2) is 7.60. The lowest BCUT2D eigenvalue weighted by Gasteiger charge is -2.18. The summed E-state index contributed by atoms with van der Waals surface area (Å²) in [5.41, 5.74) is 4.16. The van der Waals surface area contributed by atoms with Gasteiger partial charge in [0.05, 0.1) is 0 Å². The molecule has 0 saturated carbocycles. The van der Waals surface area contributed by atoms with Gasteiger partial charge in [-0.1, -0.05) is 19.1 Å². The van der Waals surface area contributed by atoms with E-state index in [2.05, 4.69) is 29.3 Å². The summed E-state index contributed by atoms with van der Waals surface area (Å²) in [5.74, 6) is 1.36. The lowest BCUT2D eigenvalue weighted by Crippen LogP contribution is -2.21. The summed E-state index contributed by atoms with van der Waals surface area (Å²) in [6.07, 6.45) is 1.24. The third kappa shape index (κ3) is 4.53. The number of ether oxygens (including phenoxy) is 1. The molecule has 1 saturated heterocycles. The van der Waals surface area contributed by atoms with Gasteiger partial charge >= 0.3 is 0 Å². The highest BCUT2D eigenvalue weighted by Crippen LogP contribution is 2.25. The number of aryl methyl sites for hydroxylation is 2. The molecule has 3 rings (SSSR count). The Morgan fingerprint density at radius 3 is 2.64 bits per heavy atom. The van der Waals surface area contributed by atoms with Crippen LogP contribution in [0.4, 0.5) is 11.4 Å².